The van der Waals surface area contributed by atoms with Gasteiger partial charge in [0.05, 0.1) is 38.1 Å². The molecule has 38 heavy (non-hydrogen) atoms. The Morgan fingerprint density at radius 3 is 2.47 bits per heavy atom. The quantitative estimate of drug-likeness (QED) is 0.307. The number of aliphatic hydroxyl groups is 1. The van der Waals surface area contributed by atoms with Crippen molar-refractivity contribution in [1.29, 1.82) is 0 Å². The molecule has 3 aromatic rings. The van der Waals surface area contributed by atoms with Gasteiger partial charge in [0.1, 0.15) is 4.88 Å². The molecular weight excluding hydrogens is 508 g/mol. The van der Waals surface area contributed by atoms with Crippen molar-refractivity contribution in [2.75, 3.05) is 25.7 Å². The number of esters is 1. The maximum atomic E-state index is 13.4. The van der Waals surface area contributed by atoms with E-state index in [4.69, 9.17) is 14.2 Å². The molecule has 1 aliphatic heterocycles. The Balaban J connectivity index is 1.83. The number of carbonyl (C=O) groups is 3. The fourth-order valence-electron chi connectivity index (χ4n) is 4.09. The Bertz CT molecular complexity index is 1440. The second-order valence-corrected chi connectivity index (χ2v) is 9.17. The molecule has 2 heterocycles. The molecule has 1 N–H and O–H groups in total. The first kappa shape index (κ1) is 26.6. The molecule has 0 saturated heterocycles. The van der Waals surface area contributed by atoms with Gasteiger partial charge in [0.2, 0.25) is 0 Å². The lowest BCUT2D eigenvalue weighted by Gasteiger charge is -2.25. The molecular formula is C28H26N2O7S. The van der Waals surface area contributed by atoms with Crippen LogP contribution in [0.3, 0.4) is 0 Å². The number of aliphatic hydroxyl groups excluding tert-OH is 1. The minimum Gasteiger partial charge on any atom is -0.503 e. The molecule has 196 valence electrons. The normalized spacial score (nSPS) is 15.3. The van der Waals surface area contributed by atoms with Gasteiger partial charge in [-0.15, -0.1) is 0 Å². The van der Waals surface area contributed by atoms with Gasteiger partial charge in [0, 0.05) is 0 Å². The summed E-state index contributed by atoms with van der Waals surface area (Å²) in [5, 5.41) is 11.1. The number of aryl methyl sites for hydroxylation is 1. The summed E-state index contributed by atoms with van der Waals surface area (Å²) >= 11 is 0.947. The first-order valence-corrected chi connectivity index (χ1v) is 12.5. The molecule has 0 spiro atoms. The van der Waals surface area contributed by atoms with Crippen molar-refractivity contribution in [3.05, 3.63) is 87.6 Å². The zero-order chi connectivity index (χ0) is 27.4. The highest BCUT2D eigenvalue weighted by Gasteiger charge is 2.45. The molecule has 0 radical (unpaired) electrons. The number of ketones is 1. The van der Waals surface area contributed by atoms with E-state index in [-0.39, 0.29) is 22.2 Å². The molecule has 1 amide bonds. The van der Waals surface area contributed by atoms with Gasteiger partial charge in [-0.05, 0) is 43.2 Å². The third-order valence-corrected chi connectivity index (χ3v) is 7.01. The third-order valence-electron chi connectivity index (χ3n) is 5.88. The standard InChI is InChI=1S/C28H26N2O7S/c1-5-37-27(34)25-16(2)29-28(38-25)30-23(18-12-14-20(35-3)21(15-18)36-4)22(24(32)26(30)33)19(31)13-11-17-9-7-6-8-10-17/h6-15,23,32H,5H2,1-4H3/b13-11+/t23-/m0/s1. The van der Waals surface area contributed by atoms with Gasteiger partial charge in [0.15, 0.2) is 28.2 Å². The van der Waals surface area contributed by atoms with Crippen molar-refractivity contribution in [3.8, 4) is 11.5 Å². The van der Waals surface area contributed by atoms with Crippen LogP contribution in [-0.2, 0) is 14.3 Å². The van der Waals surface area contributed by atoms with E-state index in [1.54, 1.807) is 38.1 Å². The topological polar surface area (TPSA) is 115 Å². The molecule has 0 unspecified atom stereocenters. The number of benzene rings is 2. The van der Waals surface area contributed by atoms with Crippen LogP contribution in [0, 0.1) is 6.92 Å². The van der Waals surface area contributed by atoms with Gasteiger partial charge < -0.3 is 19.3 Å². The Morgan fingerprint density at radius 1 is 1.11 bits per heavy atom. The molecule has 0 fully saturated rings. The van der Waals surface area contributed by atoms with E-state index in [0.29, 0.717) is 22.8 Å². The van der Waals surface area contributed by atoms with E-state index >= 15 is 0 Å². The number of anilines is 1. The number of rotatable bonds is 9. The predicted molar refractivity (Wildman–Crippen MR) is 143 cm³/mol. The summed E-state index contributed by atoms with van der Waals surface area (Å²) in [5.41, 5.74) is 1.49. The smallest absolute Gasteiger partial charge is 0.350 e. The van der Waals surface area contributed by atoms with E-state index in [2.05, 4.69) is 4.98 Å². The van der Waals surface area contributed by atoms with Gasteiger partial charge in [-0.1, -0.05) is 53.8 Å². The van der Waals surface area contributed by atoms with Crippen LogP contribution in [0.2, 0.25) is 0 Å². The molecule has 1 aromatic heterocycles. The molecule has 0 aliphatic carbocycles. The van der Waals surface area contributed by atoms with E-state index in [1.807, 2.05) is 30.3 Å². The molecule has 0 saturated carbocycles. The highest BCUT2D eigenvalue weighted by molar-refractivity contribution is 7.17. The molecule has 1 atom stereocenters. The van der Waals surface area contributed by atoms with Crippen molar-refractivity contribution < 1.29 is 33.7 Å². The van der Waals surface area contributed by atoms with Crippen LogP contribution in [0.4, 0.5) is 5.13 Å². The lowest BCUT2D eigenvalue weighted by molar-refractivity contribution is -0.117. The predicted octanol–water partition coefficient (Wildman–Crippen LogP) is 4.83. The molecule has 4 rings (SSSR count). The van der Waals surface area contributed by atoms with Crippen LogP contribution in [0.15, 0.2) is 65.9 Å². The Hall–Kier alpha value is -4.44. The Kier molecular flexibility index (Phi) is 7.92. The zero-order valence-electron chi connectivity index (χ0n) is 21.3. The Labute approximate surface area is 223 Å². The van der Waals surface area contributed by atoms with Gasteiger partial charge in [0.25, 0.3) is 5.91 Å². The van der Waals surface area contributed by atoms with Gasteiger partial charge in [-0.3, -0.25) is 14.5 Å². The lowest BCUT2D eigenvalue weighted by atomic mass is 9.95. The highest BCUT2D eigenvalue weighted by Crippen LogP contribution is 2.44. The minimum absolute atomic E-state index is 0.125. The van der Waals surface area contributed by atoms with E-state index in [9.17, 15) is 19.5 Å². The summed E-state index contributed by atoms with van der Waals surface area (Å²) in [5.74, 6) is -1.81. The number of nitrogens with zero attached hydrogens (tertiary/aromatic N) is 2. The number of thiazole rings is 1. The summed E-state index contributed by atoms with van der Waals surface area (Å²) in [7, 11) is 2.96. The number of hydrogen-bond acceptors (Lipinski definition) is 9. The average Bonchev–Trinajstić information content (AvgIpc) is 3.44. The lowest BCUT2D eigenvalue weighted by Crippen LogP contribution is -2.30. The molecule has 9 nitrogen and oxygen atoms in total. The van der Waals surface area contributed by atoms with E-state index in [1.165, 1.54) is 25.2 Å². The average molecular weight is 535 g/mol. The SMILES string of the molecule is CCOC(=O)c1sc(N2C(=O)C(O)=C(C(=O)/C=C/c3ccccc3)[C@@H]2c2ccc(OC)c(OC)c2)nc1C. The van der Waals surface area contributed by atoms with Gasteiger partial charge >= 0.3 is 5.97 Å². The Morgan fingerprint density at radius 2 is 1.82 bits per heavy atom. The fourth-order valence-corrected chi connectivity index (χ4v) is 5.08. The van der Waals surface area contributed by atoms with Crippen LogP contribution in [-0.4, -0.2) is 48.6 Å². The van der Waals surface area contributed by atoms with E-state index in [0.717, 1.165) is 16.9 Å². The first-order valence-electron chi connectivity index (χ1n) is 11.7. The van der Waals surface area contributed by atoms with Crippen molar-refractivity contribution in [2.45, 2.75) is 19.9 Å². The summed E-state index contributed by atoms with van der Waals surface area (Å²) in [6.07, 6.45) is 2.91. The largest absolute Gasteiger partial charge is 0.503 e. The van der Waals surface area contributed by atoms with Crippen LogP contribution in [0.5, 0.6) is 11.5 Å². The summed E-state index contributed by atoms with van der Waals surface area (Å²) in [4.78, 5) is 45.1. The van der Waals surface area contributed by atoms with Gasteiger partial charge in [-0.25, -0.2) is 9.78 Å². The summed E-state index contributed by atoms with van der Waals surface area (Å²) in [6.45, 7) is 3.49. The monoisotopic (exact) mass is 534 g/mol. The van der Waals surface area contributed by atoms with Crippen LogP contribution in [0.1, 0.15) is 39.5 Å². The van der Waals surface area contributed by atoms with Gasteiger partial charge in [-0.2, -0.15) is 0 Å². The second-order valence-electron chi connectivity index (χ2n) is 8.19. The highest BCUT2D eigenvalue weighted by atomic mass is 32.1. The van der Waals surface area contributed by atoms with E-state index < -0.39 is 29.5 Å². The molecule has 1 aliphatic rings. The number of amides is 1. The molecule has 10 heteroatoms. The van der Waals surface area contributed by atoms with Crippen LogP contribution < -0.4 is 14.4 Å². The molecule has 2 aromatic carbocycles. The number of methoxy groups -OCH3 is 2. The third kappa shape index (κ3) is 5.03. The number of aromatic nitrogens is 1. The van der Waals surface area contributed by atoms with Crippen molar-refractivity contribution >= 4 is 40.2 Å². The van der Waals surface area contributed by atoms with Crippen LogP contribution >= 0.6 is 11.3 Å². The van der Waals surface area contributed by atoms with Crippen molar-refractivity contribution in [2.24, 2.45) is 0 Å². The maximum Gasteiger partial charge on any atom is 0.350 e. The second kappa shape index (κ2) is 11.3. The number of ether oxygens (including phenoxy) is 3. The van der Waals surface area contributed by atoms with Crippen molar-refractivity contribution in [1.82, 2.24) is 4.98 Å². The maximum absolute atomic E-state index is 13.4. The zero-order valence-corrected chi connectivity index (χ0v) is 22.1. The van der Waals surface area contributed by atoms with Crippen LogP contribution in [0.25, 0.3) is 6.08 Å². The van der Waals surface area contributed by atoms with Crippen molar-refractivity contribution in [3.63, 3.8) is 0 Å². The fraction of sp³-hybridized carbons (Fsp3) is 0.214. The number of hydrogen-bond donors (Lipinski definition) is 1. The minimum atomic E-state index is -1.05. The molecule has 0 bridgehead atoms. The number of carbonyl (C=O) groups excluding carboxylic acids is 3. The first-order chi connectivity index (χ1) is 18.3. The summed E-state index contributed by atoms with van der Waals surface area (Å²) in [6, 6.07) is 13.1. The summed E-state index contributed by atoms with van der Waals surface area (Å²) < 4.78 is 15.9. The number of allylic oxidation sites excluding steroid dienone is 1.